The van der Waals surface area contributed by atoms with E-state index in [1.54, 1.807) is 49.4 Å². The minimum atomic E-state index is -1.49. The van der Waals surface area contributed by atoms with E-state index in [1.165, 1.54) is 7.11 Å². The SMILES string of the molecule is CCC(=O)N=C(NC(=O)OC)Nc1cc([S+]([O-])c2ccccc2)ccc1NC(=O)C1CCCC1. The number of anilines is 2. The number of ether oxygens (including phenoxy) is 1. The lowest BCUT2D eigenvalue weighted by molar-refractivity contribution is -0.119. The molecule has 1 fully saturated rings. The number of alkyl carbamates (subject to hydrolysis) is 1. The average molecular weight is 485 g/mol. The Labute approximate surface area is 201 Å². The van der Waals surface area contributed by atoms with Crippen LogP contribution in [-0.4, -0.2) is 35.5 Å². The van der Waals surface area contributed by atoms with Gasteiger partial charge in [-0.05, 0) is 37.1 Å². The number of aliphatic imine (C=N–C) groups is 1. The Bertz CT molecular complexity index is 1050. The van der Waals surface area contributed by atoms with E-state index in [1.807, 2.05) is 6.07 Å². The van der Waals surface area contributed by atoms with E-state index in [0.29, 0.717) is 21.2 Å². The van der Waals surface area contributed by atoms with E-state index in [9.17, 15) is 18.9 Å². The minimum Gasteiger partial charge on any atom is -0.606 e. The second kappa shape index (κ2) is 12.2. The van der Waals surface area contributed by atoms with Crippen molar-refractivity contribution in [1.29, 1.82) is 0 Å². The number of amides is 3. The van der Waals surface area contributed by atoms with Crippen molar-refractivity contribution >= 4 is 46.4 Å². The number of carbonyl (C=O) groups excluding carboxylic acids is 3. The number of carbonyl (C=O) groups is 3. The van der Waals surface area contributed by atoms with Crippen LogP contribution in [-0.2, 0) is 25.5 Å². The Kier molecular flexibility index (Phi) is 9.06. The third-order valence-electron chi connectivity index (χ3n) is 5.34. The van der Waals surface area contributed by atoms with Crippen molar-refractivity contribution in [3.05, 3.63) is 48.5 Å². The summed E-state index contributed by atoms with van der Waals surface area (Å²) in [4.78, 5) is 41.5. The van der Waals surface area contributed by atoms with Gasteiger partial charge in [0, 0.05) is 29.6 Å². The van der Waals surface area contributed by atoms with Gasteiger partial charge in [-0.2, -0.15) is 4.99 Å². The van der Waals surface area contributed by atoms with E-state index < -0.39 is 23.2 Å². The van der Waals surface area contributed by atoms with Crippen LogP contribution in [0, 0.1) is 5.92 Å². The summed E-state index contributed by atoms with van der Waals surface area (Å²) in [5, 5.41) is 8.17. The largest absolute Gasteiger partial charge is 0.606 e. The van der Waals surface area contributed by atoms with Crippen LogP contribution in [0.4, 0.5) is 16.2 Å². The van der Waals surface area contributed by atoms with Crippen LogP contribution in [0.25, 0.3) is 0 Å². The number of nitrogens with zero attached hydrogens (tertiary/aromatic N) is 1. The fourth-order valence-electron chi connectivity index (χ4n) is 3.52. The number of benzene rings is 2. The van der Waals surface area contributed by atoms with E-state index in [4.69, 9.17) is 0 Å². The lowest BCUT2D eigenvalue weighted by atomic mass is 10.1. The highest BCUT2D eigenvalue weighted by atomic mass is 32.2. The van der Waals surface area contributed by atoms with Gasteiger partial charge in [0.1, 0.15) is 0 Å². The van der Waals surface area contributed by atoms with Crippen LogP contribution in [0.5, 0.6) is 0 Å². The Morgan fingerprint density at radius 3 is 2.38 bits per heavy atom. The lowest BCUT2D eigenvalue weighted by Gasteiger charge is -2.18. The topological polar surface area (TPSA) is 132 Å². The standard InChI is InChI=1S/C24H28N4O5S/c1-3-21(29)27-23(28-24(31)33-2)26-20-15-18(34(32)17-11-5-4-6-12-17)13-14-19(20)25-22(30)16-9-7-8-10-16/h4-6,11-16H,3,7-10H2,1-2H3,(H,25,30)(H2,26,27,28,29,31). The molecule has 1 aliphatic rings. The van der Waals surface area contributed by atoms with Crippen LogP contribution >= 0.6 is 0 Å². The van der Waals surface area contributed by atoms with Gasteiger partial charge in [-0.3, -0.25) is 14.9 Å². The molecule has 3 amide bonds. The van der Waals surface area contributed by atoms with Gasteiger partial charge in [0.25, 0.3) is 0 Å². The fraction of sp³-hybridized carbons (Fsp3) is 0.333. The Hall–Kier alpha value is -3.37. The fourth-order valence-corrected chi connectivity index (χ4v) is 4.61. The average Bonchev–Trinajstić information content (AvgIpc) is 3.40. The van der Waals surface area contributed by atoms with E-state index in [2.05, 4.69) is 25.7 Å². The molecule has 2 aromatic carbocycles. The summed E-state index contributed by atoms with van der Waals surface area (Å²) < 4.78 is 17.7. The molecule has 3 rings (SSSR count). The summed E-state index contributed by atoms with van der Waals surface area (Å²) in [6.45, 7) is 1.64. The quantitative estimate of drug-likeness (QED) is 0.322. The highest BCUT2D eigenvalue weighted by Gasteiger charge is 2.25. The first-order chi connectivity index (χ1) is 16.4. The Morgan fingerprint density at radius 1 is 1.03 bits per heavy atom. The molecular formula is C24H28N4O5S. The van der Waals surface area contributed by atoms with Crippen molar-refractivity contribution < 1.29 is 23.7 Å². The molecule has 1 saturated carbocycles. The summed E-state index contributed by atoms with van der Waals surface area (Å²) >= 11 is -1.49. The van der Waals surface area contributed by atoms with Crippen molar-refractivity contribution in [2.24, 2.45) is 10.9 Å². The molecule has 3 N–H and O–H groups in total. The zero-order valence-corrected chi connectivity index (χ0v) is 19.9. The summed E-state index contributed by atoms with van der Waals surface area (Å²) in [7, 11) is 1.19. The van der Waals surface area contributed by atoms with Crippen molar-refractivity contribution in [3.8, 4) is 0 Å². The van der Waals surface area contributed by atoms with Gasteiger partial charge in [0.15, 0.2) is 9.79 Å². The molecule has 1 unspecified atom stereocenters. The molecule has 2 aromatic rings. The van der Waals surface area contributed by atoms with Gasteiger partial charge in [-0.25, -0.2) is 4.79 Å². The molecule has 180 valence electrons. The number of hydrogen-bond acceptors (Lipinski definition) is 5. The van der Waals surface area contributed by atoms with E-state index >= 15 is 0 Å². The highest BCUT2D eigenvalue weighted by molar-refractivity contribution is 7.91. The molecule has 0 heterocycles. The van der Waals surface area contributed by atoms with Crippen LogP contribution in [0.15, 0.2) is 63.3 Å². The monoisotopic (exact) mass is 484 g/mol. The molecule has 0 bridgehead atoms. The van der Waals surface area contributed by atoms with Crippen LogP contribution in [0.2, 0.25) is 0 Å². The molecule has 0 radical (unpaired) electrons. The predicted octanol–water partition coefficient (Wildman–Crippen LogP) is 4.04. The summed E-state index contributed by atoms with van der Waals surface area (Å²) in [6, 6.07) is 13.8. The first-order valence-electron chi connectivity index (χ1n) is 11.1. The molecule has 0 saturated heterocycles. The molecule has 1 aliphatic carbocycles. The van der Waals surface area contributed by atoms with E-state index in [0.717, 1.165) is 25.7 Å². The predicted molar refractivity (Wildman–Crippen MR) is 130 cm³/mol. The Balaban J connectivity index is 1.96. The molecule has 10 heteroatoms. The van der Waals surface area contributed by atoms with Crippen molar-refractivity contribution in [2.75, 3.05) is 17.7 Å². The molecule has 9 nitrogen and oxygen atoms in total. The second-order valence-electron chi connectivity index (χ2n) is 7.71. The van der Waals surface area contributed by atoms with Crippen LogP contribution in [0.3, 0.4) is 0 Å². The number of hydrogen-bond donors (Lipinski definition) is 3. The van der Waals surface area contributed by atoms with Crippen LogP contribution < -0.4 is 16.0 Å². The minimum absolute atomic E-state index is 0.0750. The normalized spacial score (nSPS) is 14.9. The first-order valence-corrected chi connectivity index (χ1v) is 12.2. The number of methoxy groups -OCH3 is 1. The first kappa shape index (κ1) is 25.3. The highest BCUT2D eigenvalue weighted by Crippen LogP contribution is 2.31. The second-order valence-corrected chi connectivity index (χ2v) is 9.19. The van der Waals surface area contributed by atoms with Crippen molar-refractivity contribution in [2.45, 2.75) is 48.8 Å². The maximum absolute atomic E-state index is 13.1. The number of nitrogens with one attached hydrogen (secondary N) is 3. The number of rotatable bonds is 6. The maximum atomic E-state index is 13.1. The van der Waals surface area contributed by atoms with E-state index in [-0.39, 0.29) is 24.2 Å². The zero-order chi connectivity index (χ0) is 24.5. The van der Waals surface area contributed by atoms with Gasteiger partial charge in [-0.1, -0.05) is 38.0 Å². The summed E-state index contributed by atoms with van der Waals surface area (Å²) in [5.74, 6) is -0.826. The molecule has 0 aliphatic heterocycles. The third-order valence-corrected chi connectivity index (χ3v) is 6.73. The molecule has 0 aromatic heterocycles. The van der Waals surface area contributed by atoms with Gasteiger partial charge in [-0.15, -0.1) is 0 Å². The molecule has 34 heavy (non-hydrogen) atoms. The number of guanidine groups is 1. The smallest absolute Gasteiger partial charge is 0.413 e. The Morgan fingerprint density at radius 2 is 1.74 bits per heavy atom. The third kappa shape index (κ3) is 6.82. The van der Waals surface area contributed by atoms with Crippen molar-refractivity contribution in [3.63, 3.8) is 0 Å². The maximum Gasteiger partial charge on any atom is 0.413 e. The van der Waals surface area contributed by atoms with Gasteiger partial charge >= 0.3 is 6.09 Å². The molecule has 0 spiro atoms. The van der Waals surface area contributed by atoms with Crippen LogP contribution in [0.1, 0.15) is 39.0 Å². The van der Waals surface area contributed by atoms with Crippen molar-refractivity contribution in [1.82, 2.24) is 5.32 Å². The molecule has 1 atom stereocenters. The zero-order valence-electron chi connectivity index (χ0n) is 19.1. The summed E-state index contributed by atoms with van der Waals surface area (Å²) in [6.07, 6.45) is 2.97. The van der Waals surface area contributed by atoms with Gasteiger partial charge in [0.05, 0.1) is 18.5 Å². The van der Waals surface area contributed by atoms with Gasteiger partial charge < -0.3 is 19.9 Å². The summed E-state index contributed by atoms with van der Waals surface area (Å²) in [5.41, 5.74) is 0.737. The molecular weight excluding hydrogens is 456 g/mol. The lowest BCUT2D eigenvalue weighted by Crippen LogP contribution is -2.37. The van der Waals surface area contributed by atoms with Gasteiger partial charge in [0.2, 0.25) is 17.8 Å².